The number of aromatic nitrogens is 3. The summed E-state index contributed by atoms with van der Waals surface area (Å²) in [4.78, 5) is 31.1. The van der Waals surface area contributed by atoms with Gasteiger partial charge in [-0.2, -0.15) is 0 Å². The molecule has 3 heterocycles. The van der Waals surface area contributed by atoms with E-state index in [1.807, 2.05) is 60.0 Å². The number of hydrogen-bond donors (Lipinski definition) is 2. The Morgan fingerprint density at radius 1 is 1.05 bits per heavy atom. The number of carbonyl (C=O) groups excluding carboxylic acids is 1. The molecule has 0 unspecified atom stereocenters. The molecule has 8 nitrogen and oxygen atoms in total. The summed E-state index contributed by atoms with van der Waals surface area (Å²) >= 11 is 1.38. The van der Waals surface area contributed by atoms with E-state index in [1.165, 1.54) is 11.3 Å². The first-order chi connectivity index (χ1) is 17.9. The number of hydrogen-bond acceptors (Lipinski definition) is 8. The molecular formula is C28H24N6O2S. The Balaban J connectivity index is 1.19. The molecule has 0 saturated heterocycles. The Labute approximate surface area is 218 Å². The average molecular weight is 509 g/mol. The molecule has 4 aromatic rings. The molecule has 2 aliphatic rings. The van der Waals surface area contributed by atoms with Gasteiger partial charge in [0.05, 0.1) is 17.9 Å². The van der Waals surface area contributed by atoms with Crippen molar-refractivity contribution in [2.75, 3.05) is 17.6 Å². The molecule has 3 N–H and O–H groups in total. The molecule has 0 atom stereocenters. The highest BCUT2D eigenvalue weighted by Gasteiger charge is 2.41. The summed E-state index contributed by atoms with van der Waals surface area (Å²) in [6.45, 7) is 4.62. The van der Waals surface area contributed by atoms with Crippen molar-refractivity contribution in [2.24, 2.45) is 10.4 Å². The van der Waals surface area contributed by atoms with Crippen LogP contribution < -0.4 is 15.8 Å². The number of ether oxygens (including phenoxy) is 1. The van der Waals surface area contributed by atoms with E-state index < -0.39 is 0 Å². The number of thiazole rings is 1. The van der Waals surface area contributed by atoms with E-state index in [2.05, 4.69) is 39.1 Å². The molecule has 37 heavy (non-hydrogen) atoms. The van der Waals surface area contributed by atoms with E-state index in [0.29, 0.717) is 23.8 Å². The van der Waals surface area contributed by atoms with Crippen molar-refractivity contribution in [3.8, 4) is 22.8 Å². The molecule has 184 valence electrons. The molecule has 0 saturated carbocycles. The molecule has 6 rings (SSSR count). The number of rotatable bonds is 5. The Morgan fingerprint density at radius 2 is 1.81 bits per heavy atom. The average Bonchev–Trinajstić information content (AvgIpc) is 3.54. The van der Waals surface area contributed by atoms with Crippen LogP contribution in [0.15, 0.2) is 76.7 Å². The Kier molecular flexibility index (Phi) is 5.57. The number of nitrogen functional groups attached to an aromatic ring is 1. The van der Waals surface area contributed by atoms with Gasteiger partial charge in [-0.25, -0.2) is 15.0 Å². The van der Waals surface area contributed by atoms with Crippen LogP contribution in [0.2, 0.25) is 0 Å². The SMILES string of the molecule is CC1(C)Cc2cnc(N)nc2C2=C1C(C(=O)Nc1nc(-c3ccc(Oc4ccccc4)cc3)cs1)=NC2. The van der Waals surface area contributed by atoms with Crippen LogP contribution in [0.1, 0.15) is 25.1 Å². The minimum absolute atomic E-state index is 0.221. The molecule has 2 aromatic carbocycles. The second-order valence-electron chi connectivity index (χ2n) is 9.61. The minimum atomic E-state index is -0.286. The largest absolute Gasteiger partial charge is 0.457 e. The van der Waals surface area contributed by atoms with Gasteiger partial charge >= 0.3 is 0 Å². The third kappa shape index (κ3) is 4.38. The fourth-order valence-corrected chi connectivity index (χ4v) is 5.60. The third-order valence-corrected chi connectivity index (χ3v) is 7.24. The van der Waals surface area contributed by atoms with Gasteiger partial charge in [0.15, 0.2) is 5.13 Å². The number of aliphatic imine (C=N–C) groups is 1. The number of amides is 1. The number of nitrogens with zero attached hydrogens (tertiary/aromatic N) is 4. The standard InChI is InChI=1S/C28H24N6O2S/c1-28(2)12-17-13-31-26(29)33-23(17)20-14-30-24(22(20)28)25(35)34-27-32-21(15-37-27)16-8-10-19(11-9-16)36-18-6-4-3-5-7-18/h3-11,13,15H,12,14H2,1-2H3,(H2,29,31,33)(H,32,34,35). The topological polar surface area (TPSA) is 115 Å². The van der Waals surface area contributed by atoms with Crippen molar-refractivity contribution in [2.45, 2.75) is 20.3 Å². The van der Waals surface area contributed by atoms with E-state index in [9.17, 15) is 4.79 Å². The number of carbonyl (C=O) groups is 1. The van der Waals surface area contributed by atoms with Gasteiger partial charge in [0.1, 0.15) is 17.2 Å². The maximum absolute atomic E-state index is 13.3. The number of nitrogens with two attached hydrogens (primary N) is 1. The van der Waals surface area contributed by atoms with Crippen molar-refractivity contribution in [1.82, 2.24) is 15.0 Å². The first kappa shape index (κ1) is 23.1. The highest BCUT2D eigenvalue weighted by atomic mass is 32.1. The van der Waals surface area contributed by atoms with E-state index in [-0.39, 0.29) is 17.3 Å². The summed E-state index contributed by atoms with van der Waals surface area (Å²) in [6.07, 6.45) is 2.48. The van der Waals surface area contributed by atoms with Gasteiger partial charge in [-0.15, -0.1) is 11.3 Å². The zero-order chi connectivity index (χ0) is 25.6. The van der Waals surface area contributed by atoms with Crippen LogP contribution in [0.4, 0.5) is 11.1 Å². The summed E-state index contributed by atoms with van der Waals surface area (Å²) in [6, 6.07) is 17.3. The molecular weight excluding hydrogens is 484 g/mol. The van der Waals surface area contributed by atoms with Crippen molar-refractivity contribution < 1.29 is 9.53 Å². The van der Waals surface area contributed by atoms with Crippen LogP contribution in [0.5, 0.6) is 11.5 Å². The zero-order valence-electron chi connectivity index (χ0n) is 20.4. The monoisotopic (exact) mass is 508 g/mol. The summed E-state index contributed by atoms with van der Waals surface area (Å²) in [5.41, 5.74) is 11.4. The zero-order valence-corrected chi connectivity index (χ0v) is 21.2. The van der Waals surface area contributed by atoms with Crippen molar-refractivity contribution in [1.29, 1.82) is 0 Å². The Bertz CT molecular complexity index is 1570. The van der Waals surface area contributed by atoms with Gasteiger partial charge in [0, 0.05) is 22.7 Å². The van der Waals surface area contributed by atoms with Gasteiger partial charge in [-0.3, -0.25) is 15.1 Å². The first-order valence-corrected chi connectivity index (χ1v) is 12.8. The van der Waals surface area contributed by atoms with Crippen molar-refractivity contribution >= 4 is 39.6 Å². The number of benzene rings is 2. The van der Waals surface area contributed by atoms with Crippen molar-refractivity contribution in [3.05, 3.63) is 83.0 Å². The number of para-hydroxylation sites is 1. The smallest absolute Gasteiger partial charge is 0.275 e. The summed E-state index contributed by atoms with van der Waals surface area (Å²) in [5.74, 6) is 1.47. The first-order valence-electron chi connectivity index (χ1n) is 11.9. The van der Waals surface area contributed by atoms with Gasteiger partial charge in [0.2, 0.25) is 5.95 Å². The maximum atomic E-state index is 13.3. The van der Waals surface area contributed by atoms with Crippen LogP contribution in [0.25, 0.3) is 16.8 Å². The molecule has 0 radical (unpaired) electrons. The molecule has 0 bridgehead atoms. The number of nitrogens with one attached hydrogen (secondary N) is 1. The lowest BCUT2D eigenvalue weighted by atomic mass is 9.70. The molecule has 1 amide bonds. The normalized spacial score (nSPS) is 15.6. The second kappa shape index (κ2) is 8.94. The van der Waals surface area contributed by atoms with Gasteiger partial charge in [-0.05, 0) is 59.4 Å². The highest BCUT2D eigenvalue weighted by Crippen LogP contribution is 2.45. The van der Waals surface area contributed by atoms with Gasteiger partial charge < -0.3 is 10.5 Å². The maximum Gasteiger partial charge on any atom is 0.275 e. The lowest BCUT2D eigenvalue weighted by molar-refractivity contribution is -0.110. The lowest BCUT2D eigenvalue weighted by Crippen LogP contribution is -2.33. The molecule has 1 aliphatic heterocycles. The third-order valence-electron chi connectivity index (χ3n) is 6.48. The quantitative estimate of drug-likeness (QED) is 0.373. The minimum Gasteiger partial charge on any atom is -0.457 e. The molecule has 0 fully saturated rings. The van der Waals surface area contributed by atoms with Crippen LogP contribution in [-0.4, -0.2) is 33.1 Å². The van der Waals surface area contributed by atoms with Crippen LogP contribution in [0, 0.1) is 5.41 Å². The number of anilines is 2. The Morgan fingerprint density at radius 3 is 2.59 bits per heavy atom. The van der Waals surface area contributed by atoms with Gasteiger partial charge in [0.25, 0.3) is 5.91 Å². The highest BCUT2D eigenvalue weighted by molar-refractivity contribution is 7.14. The molecule has 0 spiro atoms. The fourth-order valence-electron chi connectivity index (χ4n) is 4.88. The fraction of sp³-hybridized carbons (Fsp3) is 0.179. The van der Waals surface area contributed by atoms with Gasteiger partial charge in [-0.1, -0.05) is 32.0 Å². The second-order valence-corrected chi connectivity index (χ2v) is 10.5. The Hall–Kier alpha value is -4.37. The predicted molar refractivity (Wildman–Crippen MR) is 146 cm³/mol. The molecule has 2 aromatic heterocycles. The summed E-state index contributed by atoms with van der Waals surface area (Å²) in [5, 5.41) is 5.38. The molecule has 9 heteroatoms. The van der Waals surface area contributed by atoms with E-state index >= 15 is 0 Å². The van der Waals surface area contributed by atoms with E-state index in [0.717, 1.165) is 45.2 Å². The lowest BCUT2D eigenvalue weighted by Gasteiger charge is -2.33. The van der Waals surface area contributed by atoms with Crippen LogP contribution >= 0.6 is 11.3 Å². The predicted octanol–water partition coefficient (Wildman–Crippen LogP) is 5.40. The summed E-state index contributed by atoms with van der Waals surface area (Å²) in [7, 11) is 0. The van der Waals surface area contributed by atoms with E-state index in [1.54, 1.807) is 6.20 Å². The van der Waals surface area contributed by atoms with Crippen molar-refractivity contribution in [3.63, 3.8) is 0 Å². The van der Waals surface area contributed by atoms with Crippen LogP contribution in [-0.2, 0) is 11.2 Å². The molecule has 1 aliphatic carbocycles. The summed E-state index contributed by atoms with van der Waals surface area (Å²) < 4.78 is 5.87. The van der Waals surface area contributed by atoms with E-state index in [4.69, 9.17) is 10.5 Å². The number of fused-ring (bicyclic) bond motifs is 2. The van der Waals surface area contributed by atoms with Crippen LogP contribution in [0.3, 0.4) is 0 Å².